The minimum absolute atomic E-state index is 0.0103. The molecule has 3 rings (SSSR count). The fourth-order valence-corrected chi connectivity index (χ4v) is 3.74. The molecule has 0 aliphatic carbocycles. The molecule has 1 N–H and O–H groups in total. The van der Waals surface area contributed by atoms with Crippen LogP contribution in [0.25, 0.3) is 0 Å². The molecular formula is C25H31N3O4. The van der Waals surface area contributed by atoms with E-state index in [2.05, 4.69) is 5.32 Å². The first-order valence-corrected chi connectivity index (χ1v) is 11.1. The Morgan fingerprint density at radius 2 is 1.62 bits per heavy atom. The molecule has 32 heavy (non-hydrogen) atoms. The lowest BCUT2D eigenvalue weighted by molar-refractivity contribution is -0.138. The standard InChI is InChI=1S/C25H31N3O4/c1-2-27(18-20-9-5-3-6-10-20)23(29)17-26-25(31)21-13-15-28(16-14-21)24(30)19-32-22-11-7-4-8-12-22/h3-12,21H,2,13-19H2,1H3,(H,26,31). The molecule has 0 bridgehead atoms. The largest absolute Gasteiger partial charge is 0.484 e. The molecule has 0 saturated carbocycles. The molecule has 0 unspecified atom stereocenters. The molecule has 0 spiro atoms. The van der Waals surface area contributed by atoms with Crippen molar-refractivity contribution in [3.05, 3.63) is 66.2 Å². The van der Waals surface area contributed by atoms with E-state index in [0.29, 0.717) is 44.8 Å². The maximum absolute atomic E-state index is 12.5. The van der Waals surface area contributed by atoms with Crippen LogP contribution in [0.5, 0.6) is 5.75 Å². The Morgan fingerprint density at radius 1 is 1.00 bits per heavy atom. The summed E-state index contributed by atoms with van der Waals surface area (Å²) >= 11 is 0. The number of nitrogens with one attached hydrogen (secondary N) is 1. The molecule has 1 saturated heterocycles. The molecule has 0 radical (unpaired) electrons. The number of hydrogen-bond donors (Lipinski definition) is 1. The third kappa shape index (κ3) is 6.83. The van der Waals surface area contributed by atoms with E-state index >= 15 is 0 Å². The summed E-state index contributed by atoms with van der Waals surface area (Å²) in [6, 6.07) is 19.0. The van der Waals surface area contributed by atoms with Crippen LogP contribution < -0.4 is 10.1 Å². The average Bonchev–Trinajstić information content (AvgIpc) is 2.85. The smallest absolute Gasteiger partial charge is 0.260 e. The molecule has 2 aromatic rings. The number of rotatable bonds is 9. The number of piperidine rings is 1. The SMILES string of the molecule is CCN(Cc1ccccc1)C(=O)CNC(=O)C1CCN(C(=O)COc2ccccc2)CC1. The summed E-state index contributed by atoms with van der Waals surface area (Å²) in [6.07, 6.45) is 1.16. The molecule has 0 atom stereocenters. The third-order valence-electron chi connectivity index (χ3n) is 5.69. The van der Waals surface area contributed by atoms with Gasteiger partial charge < -0.3 is 19.9 Å². The number of ether oxygens (including phenoxy) is 1. The molecule has 2 aromatic carbocycles. The second-order valence-corrected chi connectivity index (χ2v) is 7.87. The fourth-order valence-electron chi connectivity index (χ4n) is 3.74. The predicted octanol–water partition coefficient (Wildman–Crippen LogP) is 2.47. The number of hydrogen-bond acceptors (Lipinski definition) is 4. The lowest BCUT2D eigenvalue weighted by Gasteiger charge is -2.31. The molecular weight excluding hydrogens is 406 g/mol. The summed E-state index contributed by atoms with van der Waals surface area (Å²) < 4.78 is 5.52. The van der Waals surface area contributed by atoms with E-state index < -0.39 is 0 Å². The Balaban J connectivity index is 1.38. The van der Waals surface area contributed by atoms with Crippen molar-refractivity contribution in [1.82, 2.24) is 15.1 Å². The van der Waals surface area contributed by atoms with Crippen molar-refractivity contribution in [2.45, 2.75) is 26.3 Å². The highest BCUT2D eigenvalue weighted by Crippen LogP contribution is 2.18. The third-order valence-corrected chi connectivity index (χ3v) is 5.69. The van der Waals surface area contributed by atoms with Crippen molar-refractivity contribution in [3.8, 4) is 5.75 Å². The Labute approximate surface area is 189 Å². The first-order valence-electron chi connectivity index (χ1n) is 11.1. The van der Waals surface area contributed by atoms with Crippen LogP contribution in [0.2, 0.25) is 0 Å². The van der Waals surface area contributed by atoms with Crippen molar-refractivity contribution in [2.24, 2.45) is 5.92 Å². The molecule has 1 aliphatic rings. The van der Waals surface area contributed by atoms with Gasteiger partial charge in [0.15, 0.2) is 6.61 Å². The van der Waals surface area contributed by atoms with Crippen LogP contribution in [-0.2, 0) is 20.9 Å². The second-order valence-electron chi connectivity index (χ2n) is 7.87. The molecule has 1 aliphatic heterocycles. The summed E-state index contributed by atoms with van der Waals surface area (Å²) in [5, 5.41) is 2.79. The number of benzene rings is 2. The van der Waals surface area contributed by atoms with Crippen LogP contribution in [0.3, 0.4) is 0 Å². The van der Waals surface area contributed by atoms with Gasteiger partial charge in [-0.25, -0.2) is 0 Å². The van der Waals surface area contributed by atoms with Crippen molar-refractivity contribution >= 4 is 17.7 Å². The van der Waals surface area contributed by atoms with Gasteiger partial charge in [0.25, 0.3) is 5.91 Å². The van der Waals surface area contributed by atoms with Crippen molar-refractivity contribution < 1.29 is 19.1 Å². The summed E-state index contributed by atoms with van der Waals surface area (Å²) in [5.74, 6) is 0.166. The average molecular weight is 438 g/mol. The molecule has 3 amide bonds. The fraction of sp³-hybridized carbons (Fsp3) is 0.400. The molecule has 7 nitrogen and oxygen atoms in total. The zero-order chi connectivity index (χ0) is 22.8. The Morgan fingerprint density at radius 3 is 2.25 bits per heavy atom. The molecule has 170 valence electrons. The van der Waals surface area contributed by atoms with Gasteiger partial charge in [-0.2, -0.15) is 0 Å². The lowest BCUT2D eigenvalue weighted by Crippen LogP contribution is -2.46. The maximum atomic E-state index is 12.5. The first kappa shape index (κ1) is 23.3. The Kier molecular flexibility index (Phi) is 8.66. The van der Waals surface area contributed by atoms with Gasteiger partial charge in [0.05, 0.1) is 6.54 Å². The first-order chi connectivity index (χ1) is 15.6. The second kappa shape index (κ2) is 11.9. The van der Waals surface area contributed by atoms with Gasteiger partial charge in [-0.3, -0.25) is 14.4 Å². The molecule has 1 heterocycles. The number of likely N-dealkylation sites (N-methyl/N-ethyl adjacent to an activating group) is 1. The monoisotopic (exact) mass is 437 g/mol. The highest BCUT2D eigenvalue weighted by molar-refractivity contribution is 5.86. The summed E-state index contributed by atoms with van der Waals surface area (Å²) in [6.45, 7) is 4.03. The van der Waals surface area contributed by atoms with Gasteiger partial charge in [-0.15, -0.1) is 0 Å². The summed E-state index contributed by atoms with van der Waals surface area (Å²) in [4.78, 5) is 40.9. The van der Waals surface area contributed by atoms with Gasteiger partial charge >= 0.3 is 0 Å². The summed E-state index contributed by atoms with van der Waals surface area (Å²) in [5.41, 5.74) is 1.06. The molecule has 0 aromatic heterocycles. The van der Waals surface area contributed by atoms with E-state index in [1.807, 2.05) is 67.6 Å². The van der Waals surface area contributed by atoms with Gasteiger partial charge in [0.2, 0.25) is 11.8 Å². The van der Waals surface area contributed by atoms with E-state index in [1.165, 1.54) is 0 Å². The normalized spacial score (nSPS) is 14.0. The van der Waals surface area contributed by atoms with Crippen LogP contribution >= 0.6 is 0 Å². The topological polar surface area (TPSA) is 79.0 Å². The van der Waals surface area contributed by atoms with E-state index in [0.717, 1.165) is 5.56 Å². The van der Waals surface area contributed by atoms with Crippen LogP contribution in [0.15, 0.2) is 60.7 Å². The molecule has 7 heteroatoms. The number of likely N-dealkylation sites (tertiary alicyclic amines) is 1. The van der Waals surface area contributed by atoms with Gasteiger partial charge in [0, 0.05) is 32.1 Å². The van der Waals surface area contributed by atoms with E-state index in [4.69, 9.17) is 4.74 Å². The number of amides is 3. The van der Waals surface area contributed by atoms with E-state index in [9.17, 15) is 14.4 Å². The number of nitrogens with zero attached hydrogens (tertiary/aromatic N) is 2. The van der Waals surface area contributed by atoms with Crippen LogP contribution in [0, 0.1) is 5.92 Å². The van der Waals surface area contributed by atoms with Gasteiger partial charge in [-0.05, 0) is 37.5 Å². The van der Waals surface area contributed by atoms with Crippen LogP contribution in [0.4, 0.5) is 0 Å². The highest BCUT2D eigenvalue weighted by Gasteiger charge is 2.28. The predicted molar refractivity (Wildman–Crippen MR) is 122 cm³/mol. The molecule has 1 fully saturated rings. The van der Waals surface area contributed by atoms with E-state index in [1.54, 1.807) is 9.80 Å². The lowest BCUT2D eigenvalue weighted by atomic mass is 9.96. The van der Waals surface area contributed by atoms with Crippen LogP contribution in [0.1, 0.15) is 25.3 Å². The van der Waals surface area contributed by atoms with Crippen molar-refractivity contribution in [2.75, 3.05) is 32.8 Å². The number of carbonyl (C=O) groups excluding carboxylic acids is 3. The van der Waals surface area contributed by atoms with Crippen molar-refractivity contribution in [3.63, 3.8) is 0 Å². The van der Waals surface area contributed by atoms with Crippen molar-refractivity contribution in [1.29, 1.82) is 0 Å². The van der Waals surface area contributed by atoms with Gasteiger partial charge in [0.1, 0.15) is 5.75 Å². The highest BCUT2D eigenvalue weighted by atomic mass is 16.5. The van der Waals surface area contributed by atoms with Crippen LogP contribution in [-0.4, -0.2) is 60.3 Å². The maximum Gasteiger partial charge on any atom is 0.260 e. The summed E-state index contributed by atoms with van der Waals surface area (Å²) in [7, 11) is 0. The van der Waals surface area contributed by atoms with E-state index in [-0.39, 0.29) is 36.8 Å². The quantitative estimate of drug-likeness (QED) is 0.654. The number of para-hydroxylation sites is 1. The number of carbonyl (C=O) groups is 3. The Bertz CT molecular complexity index is 881. The zero-order valence-corrected chi connectivity index (χ0v) is 18.5. The zero-order valence-electron chi connectivity index (χ0n) is 18.5. The Hall–Kier alpha value is -3.35. The minimum Gasteiger partial charge on any atom is -0.484 e. The van der Waals surface area contributed by atoms with Gasteiger partial charge in [-0.1, -0.05) is 48.5 Å². The minimum atomic E-state index is -0.189.